The molecule has 1 aromatic carbocycles. The number of aromatic nitrogens is 2. The third-order valence-electron chi connectivity index (χ3n) is 4.99. The summed E-state index contributed by atoms with van der Waals surface area (Å²) in [5.41, 5.74) is 1.17. The van der Waals surface area contributed by atoms with E-state index in [2.05, 4.69) is 10.3 Å². The van der Waals surface area contributed by atoms with Crippen molar-refractivity contribution in [1.82, 2.24) is 9.55 Å². The van der Waals surface area contributed by atoms with Gasteiger partial charge in [0.05, 0.1) is 17.8 Å². The molecule has 0 aliphatic heterocycles. The summed E-state index contributed by atoms with van der Waals surface area (Å²) in [6, 6.07) is 5.75. The molecule has 0 fully saturated rings. The van der Waals surface area contributed by atoms with Gasteiger partial charge in [-0.1, -0.05) is 6.92 Å². The van der Waals surface area contributed by atoms with E-state index in [1.165, 1.54) is 17.8 Å². The summed E-state index contributed by atoms with van der Waals surface area (Å²) < 4.78 is 6.55. The van der Waals surface area contributed by atoms with Gasteiger partial charge in [0.25, 0.3) is 5.56 Å². The second kappa shape index (κ2) is 9.44. The molecule has 1 atom stereocenters. The lowest BCUT2D eigenvalue weighted by atomic mass is 10.1. The molecule has 1 unspecified atom stereocenters. The van der Waals surface area contributed by atoms with Crippen molar-refractivity contribution in [3.8, 4) is 0 Å². The van der Waals surface area contributed by atoms with Crippen molar-refractivity contribution in [3.05, 3.63) is 57.0 Å². The maximum absolute atomic E-state index is 13.2. The number of amides is 1. The molecule has 1 N–H and O–H groups in total. The molecule has 3 aromatic rings. The predicted octanol–water partition coefficient (Wildman–Crippen LogP) is 4.12. The first-order valence-electron chi connectivity index (χ1n) is 10.3. The first-order valence-corrected chi connectivity index (χ1v) is 11.1. The number of benzene rings is 1. The fraction of sp³-hybridized carbons (Fsp3) is 0.348. The molecule has 0 radical (unpaired) electrons. The summed E-state index contributed by atoms with van der Waals surface area (Å²) in [7, 11) is 0. The molecule has 9 heteroatoms. The van der Waals surface area contributed by atoms with E-state index in [-0.39, 0.29) is 23.4 Å². The largest absolute Gasteiger partial charge is 0.459 e. The number of aryl methyl sites for hydroxylation is 1. The van der Waals surface area contributed by atoms with Crippen LogP contribution in [0.1, 0.15) is 65.8 Å². The van der Waals surface area contributed by atoms with Crippen molar-refractivity contribution in [2.45, 2.75) is 53.2 Å². The fourth-order valence-electron chi connectivity index (χ4n) is 3.34. The van der Waals surface area contributed by atoms with Crippen LogP contribution in [0.15, 0.2) is 35.4 Å². The number of thiophene rings is 1. The Kier molecular flexibility index (Phi) is 6.88. The molecule has 32 heavy (non-hydrogen) atoms. The van der Waals surface area contributed by atoms with Crippen molar-refractivity contribution < 1.29 is 19.1 Å². The minimum Gasteiger partial charge on any atom is -0.459 e. The van der Waals surface area contributed by atoms with E-state index in [0.717, 1.165) is 11.3 Å². The van der Waals surface area contributed by atoms with E-state index in [9.17, 15) is 19.2 Å². The van der Waals surface area contributed by atoms with Crippen molar-refractivity contribution in [2.75, 3.05) is 5.32 Å². The zero-order chi connectivity index (χ0) is 23.6. The highest BCUT2D eigenvalue weighted by Gasteiger charge is 2.25. The fourth-order valence-corrected chi connectivity index (χ4v) is 4.37. The Morgan fingerprint density at radius 1 is 1.19 bits per heavy atom. The molecular formula is C23H25N3O5S. The van der Waals surface area contributed by atoms with Gasteiger partial charge in [0.2, 0.25) is 5.91 Å². The average Bonchev–Trinajstić information content (AvgIpc) is 3.07. The van der Waals surface area contributed by atoms with Gasteiger partial charge in [-0.2, -0.15) is 0 Å². The van der Waals surface area contributed by atoms with Crippen molar-refractivity contribution in [3.63, 3.8) is 0 Å². The third kappa shape index (κ3) is 4.62. The summed E-state index contributed by atoms with van der Waals surface area (Å²) >= 11 is 1.10. The average molecular weight is 456 g/mol. The topological polar surface area (TPSA) is 107 Å². The van der Waals surface area contributed by atoms with E-state index in [1.807, 2.05) is 0 Å². The van der Waals surface area contributed by atoms with Crippen LogP contribution in [0.2, 0.25) is 0 Å². The molecule has 2 aromatic heterocycles. The molecule has 0 bridgehead atoms. The summed E-state index contributed by atoms with van der Waals surface area (Å²) in [5, 5.41) is 3.09. The molecule has 0 aliphatic carbocycles. The molecule has 3 rings (SSSR count). The number of anilines is 1. The first kappa shape index (κ1) is 23.3. The van der Waals surface area contributed by atoms with Gasteiger partial charge in [-0.05, 0) is 63.9 Å². The zero-order valence-corrected chi connectivity index (χ0v) is 19.4. The van der Waals surface area contributed by atoms with Crippen LogP contribution in [0.4, 0.5) is 5.69 Å². The van der Waals surface area contributed by atoms with Crippen LogP contribution < -0.4 is 10.9 Å². The molecule has 8 nitrogen and oxygen atoms in total. The van der Waals surface area contributed by atoms with Crippen LogP contribution in [0.3, 0.4) is 0 Å². The number of carbonyl (C=O) groups excluding carboxylic acids is 3. The maximum Gasteiger partial charge on any atom is 0.348 e. The predicted molar refractivity (Wildman–Crippen MR) is 124 cm³/mol. The lowest BCUT2D eigenvalue weighted by Crippen LogP contribution is -2.33. The summed E-state index contributed by atoms with van der Waals surface area (Å²) in [4.78, 5) is 55.1. The molecular weight excluding hydrogens is 430 g/mol. The monoisotopic (exact) mass is 455 g/mol. The maximum atomic E-state index is 13.2. The van der Waals surface area contributed by atoms with Crippen LogP contribution in [0.5, 0.6) is 0 Å². The van der Waals surface area contributed by atoms with E-state index < -0.39 is 12.0 Å². The Morgan fingerprint density at radius 3 is 2.41 bits per heavy atom. The zero-order valence-electron chi connectivity index (χ0n) is 18.6. The Morgan fingerprint density at radius 2 is 1.84 bits per heavy atom. The van der Waals surface area contributed by atoms with Crippen LogP contribution in [-0.4, -0.2) is 33.3 Å². The summed E-state index contributed by atoms with van der Waals surface area (Å²) in [6.45, 7) is 8.46. The lowest BCUT2D eigenvalue weighted by Gasteiger charge is -2.17. The van der Waals surface area contributed by atoms with Gasteiger partial charge in [0, 0.05) is 11.3 Å². The van der Waals surface area contributed by atoms with E-state index >= 15 is 0 Å². The van der Waals surface area contributed by atoms with Crippen molar-refractivity contribution in [1.29, 1.82) is 0 Å². The van der Waals surface area contributed by atoms with Gasteiger partial charge in [0.15, 0.2) is 5.78 Å². The van der Waals surface area contributed by atoms with E-state index in [0.29, 0.717) is 38.3 Å². The number of carbonyl (C=O) groups is 3. The van der Waals surface area contributed by atoms with Crippen LogP contribution in [0, 0.1) is 6.92 Å². The highest BCUT2D eigenvalue weighted by Crippen LogP contribution is 2.28. The second-order valence-corrected chi connectivity index (χ2v) is 8.69. The molecule has 168 valence electrons. The Balaban J connectivity index is 1.94. The van der Waals surface area contributed by atoms with E-state index in [4.69, 9.17) is 4.74 Å². The SMILES string of the molecule is CCC(C(=O)Nc1ccc(C(C)=O)cc1)n1cnc2sc(C(=O)OC(C)C)c(C)c2c1=O. The van der Waals surface area contributed by atoms with Crippen LogP contribution in [-0.2, 0) is 9.53 Å². The minimum atomic E-state index is -0.794. The number of hydrogen-bond donors (Lipinski definition) is 1. The minimum absolute atomic E-state index is 0.0666. The van der Waals surface area contributed by atoms with Gasteiger partial charge < -0.3 is 10.1 Å². The third-order valence-corrected chi connectivity index (χ3v) is 6.17. The number of ether oxygens (including phenoxy) is 1. The number of Topliss-reactive ketones (excluding diaryl/α,β-unsaturated/α-hetero) is 1. The highest BCUT2D eigenvalue weighted by atomic mass is 32.1. The standard InChI is InChI=1S/C23H25N3O5S/c1-6-17(20(28)25-16-9-7-15(8-10-16)14(5)27)26-11-24-21-18(22(26)29)13(4)19(32-21)23(30)31-12(2)3/h7-12,17H,6H2,1-5H3,(H,25,28). The lowest BCUT2D eigenvalue weighted by molar-refractivity contribution is -0.119. The van der Waals surface area contributed by atoms with Crippen LogP contribution >= 0.6 is 11.3 Å². The molecule has 2 heterocycles. The Hall–Kier alpha value is -3.33. The summed E-state index contributed by atoms with van der Waals surface area (Å²) in [5.74, 6) is -0.938. The number of rotatable bonds is 7. The second-order valence-electron chi connectivity index (χ2n) is 7.69. The normalized spacial score (nSPS) is 12.1. The molecule has 1 amide bonds. The van der Waals surface area contributed by atoms with Crippen molar-refractivity contribution >= 4 is 44.9 Å². The molecule has 0 saturated heterocycles. The Bertz CT molecular complexity index is 1240. The number of ketones is 1. The smallest absolute Gasteiger partial charge is 0.348 e. The molecule has 0 saturated carbocycles. The van der Waals surface area contributed by atoms with Gasteiger partial charge in [0.1, 0.15) is 15.7 Å². The highest BCUT2D eigenvalue weighted by molar-refractivity contribution is 7.20. The number of fused-ring (bicyclic) bond motifs is 1. The van der Waals surface area contributed by atoms with Crippen LogP contribution in [0.25, 0.3) is 10.2 Å². The van der Waals surface area contributed by atoms with E-state index in [1.54, 1.807) is 52.0 Å². The first-order chi connectivity index (χ1) is 15.1. The number of nitrogens with zero attached hydrogens (tertiary/aromatic N) is 2. The van der Waals surface area contributed by atoms with Gasteiger partial charge in [-0.3, -0.25) is 19.0 Å². The van der Waals surface area contributed by atoms with Crippen molar-refractivity contribution in [2.24, 2.45) is 0 Å². The summed E-state index contributed by atoms with van der Waals surface area (Å²) in [6.07, 6.45) is 1.41. The van der Waals surface area contributed by atoms with Gasteiger partial charge in [-0.15, -0.1) is 11.3 Å². The molecule has 0 spiro atoms. The molecule has 0 aliphatic rings. The number of esters is 1. The number of hydrogen-bond acceptors (Lipinski definition) is 7. The Labute approximate surface area is 189 Å². The van der Waals surface area contributed by atoms with Gasteiger partial charge >= 0.3 is 5.97 Å². The quantitative estimate of drug-likeness (QED) is 0.424. The number of nitrogens with one attached hydrogen (secondary N) is 1. The van der Waals surface area contributed by atoms with Gasteiger partial charge in [-0.25, -0.2) is 9.78 Å².